The lowest BCUT2D eigenvalue weighted by Crippen LogP contribution is -2.48. The summed E-state index contributed by atoms with van der Waals surface area (Å²) in [5.41, 5.74) is -0.866. The Morgan fingerprint density at radius 3 is 2.31 bits per heavy atom. The Morgan fingerprint density at radius 1 is 1.19 bits per heavy atom. The fourth-order valence-electron chi connectivity index (χ4n) is 2.80. The average Bonchev–Trinajstić information content (AvgIpc) is 2.57. The summed E-state index contributed by atoms with van der Waals surface area (Å²) in [5.74, 6) is -2.78. The van der Waals surface area contributed by atoms with Crippen LogP contribution in [0.1, 0.15) is 44.0 Å². The van der Waals surface area contributed by atoms with Crippen LogP contribution in [-0.4, -0.2) is 53.6 Å². The van der Waals surface area contributed by atoms with Crippen LogP contribution in [0.2, 0.25) is 0 Å². The zero-order chi connectivity index (χ0) is 19.6. The number of likely N-dealkylation sites (tertiary alicyclic amines) is 1. The van der Waals surface area contributed by atoms with E-state index < -0.39 is 29.2 Å². The molecule has 8 heteroatoms. The van der Waals surface area contributed by atoms with Crippen LogP contribution in [-0.2, 0) is 4.74 Å². The van der Waals surface area contributed by atoms with Gasteiger partial charge in [-0.1, -0.05) is 0 Å². The Kier molecular flexibility index (Phi) is 6.26. The second kappa shape index (κ2) is 7.90. The van der Waals surface area contributed by atoms with Crippen LogP contribution in [0, 0.1) is 11.6 Å². The van der Waals surface area contributed by atoms with E-state index in [-0.39, 0.29) is 16.1 Å². The maximum atomic E-state index is 14.0. The van der Waals surface area contributed by atoms with Crippen molar-refractivity contribution in [3.63, 3.8) is 0 Å². The molecule has 144 valence electrons. The molecular formula is C18H23BrF2N2O3. The van der Waals surface area contributed by atoms with Crippen LogP contribution in [0.5, 0.6) is 0 Å². The molecule has 0 aliphatic carbocycles. The van der Waals surface area contributed by atoms with Gasteiger partial charge in [-0.25, -0.2) is 13.6 Å². The third-order valence-corrected chi connectivity index (χ3v) is 4.86. The van der Waals surface area contributed by atoms with Crippen molar-refractivity contribution in [2.75, 3.05) is 20.1 Å². The lowest BCUT2D eigenvalue weighted by atomic mass is 10.0. The van der Waals surface area contributed by atoms with Crippen LogP contribution in [0.4, 0.5) is 13.6 Å². The van der Waals surface area contributed by atoms with Gasteiger partial charge in [0, 0.05) is 26.2 Å². The van der Waals surface area contributed by atoms with Gasteiger partial charge in [-0.3, -0.25) is 4.79 Å². The number of hydrogen-bond acceptors (Lipinski definition) is 3. The molecule has 1 aliphatic rings. The maximum Gasteiger partial charge on any atom is 0.410 e. The van der Waals surface area contributed by atoms with Gasteiger partial charge in [-0.2, -0.15) is 0 Å². The van der Waals surface area contributed by atoms with E-state index in [1.54, 1.807) is 27.8 Å². The highest BCUT2D eigenvalue weighted by atomic mass is 79.9. The number of ether oxygens (including phenoxy) is 1. The Hall–Kier alpha value is -1.70. The first kappa shape index (κ1) is 20.6. The lowest BCUT2D eigenvalue weighted by Gasteiger charge is -2.37. The van der Waals surface area contributed by atoms with E-state index in [2.05, 4.69) is 15.9 Å². The predicted octanol–water partition coefficient (Wildman–Crippen LogP) is 4.20. The first-order valence-electron chi connectivity index (χ1n) is 8.40. The molecule has 1 aromatic carbocycles. The van der Waals surface area contributed by atoms with E-state index in [1.807, 2.05) is 0 Å². The minimum Gasteiger partial charge on any atom is -0.444 e. The van der Waals surface area contributed by atoms with Crippen molar-refractivity contribution in [3.8, 4) is 0 Å². The fraction of sp³-hybridized carbons (Fsp3) is 0.556. The van der Waals surface area contributed by atoms with Crippen molar-refractivity contribution >= 4 is 27.9 Å². The van der Waals surface area contributed by atoms with Crippen molar-refractivity contribution in [1.82, 2.24) is 9.80 Å². The zero-order valence-corrected chi connectivity index (χ0v) is 16.9. The second-order valence-corrected chi connectivity index (χ2v) is 8.19. The smallest absolute Gasteiger partial charge is 0.410 e. The molecule has 1 aliphatic heterocycles. The molecule has 2 rings (SSSR count). The summed E-state index contributed by atoms with van der Waals surface area (Å²) in [4.78, 5) is 27.6. The van der Waals surface area contributed by atoms with Crippen molar-refractivity contribution in [1.29, 1.82) is 0 Å². The number of piperidine rings is 1. The normalized spacial score (nSPS) is 15.7. The number of amides is 2. The number of rotatable bonds is 2. The molecule has 1 heterocycles. The number of carbonyl (C=O) groups excluding carboxylic acids is 2. The molecule has 0 atom stereocenters. The molecule has 0 N–H and O–H groups in total. The molecule has 0 unspecified atom stereocenters. The monoisotopic (exact) mass is 432 g/mol. The van der Waals surface area contributed by atoms with Crippen molar-refractivity contribution in [3.05, 3.63) is 33.8 Å². The zero-order valence-electron chi connectivity index (χ0n) is 15.3. The molecule has 26 heavy (non-hydrogen) atoms. The Balaban J connectivity index is 1.99. The van der Waals surface area contributed by atoms with E-state index >= 15 is 0 Å². The minimum atomic E-state index is -1.16. The number of benzene rings is 1. The van der Waals surface area contributed by atoms with E-state index in [4.69, 9.17) is 4.74 Å². The summed E-state index contributed by atoms with van der Waals surface area (Å²) in [5, 5.41) is 0. The largest absolute Gasteiger partial charge is 0.444 e. The molecule has 0 radical (unpaired) electrons. The van der Waals surface area contributed by atoms with Gasteiger partial charge < -0.3 is 14.5 Å². The molecule has 0 aromatic heterocycles. The third kappa shape index (κ3) is 4.72. The molecule has 2 amide bonds. The van der Waals surface area contributed by atoms with Crippen LogP contribution in [0.3, 0.4) is 0 Å². The number of carbonyl (C=O) groups is 2. The Labute approximate surface area is 160 Å². The molecule has 1 saturated heterocycles. The summed E-state index contributed by atoms with van der Waals surface area (Å²) in [7, 11) is 1.67. The number of nitrogens with zero attached hydrogens (tertiary/aromatic N) is 2. The SMILES string of the molecule is CN(C(=O)OC(C)(C)C)C1CCN(C(=O)c2ccc(Br)c(F)c2F)CC1. The van der Waals surface area contributed by atoms with Gasteiger partial charge in [0.15, 0.2) is 11.6 Å². The molecule has 5 nitrogen and oxygen atoms in total. The highest BCUT2D eigenvalue weighted by Crippen LogP contribution is 2.24. The maximum absolute atomic E-state index is 14.0. The molecule has 1 aromatic rings. The number of halogens is 3. The second-order valence-electron chi connectivity index (χ2n) is 7.34. The molecular weight excluding hydrogens is 410 g/mol. The van der Waals surface area contributed by atoms with Crippen LogP contribution >= 0.6 is 15.9 Å². The van der Waals surface area contributed by atoms with E-state index in [0.717, 1.165) is 0 Å². The van der Waals surface area contributed by atoms with Gasteiger partial charge in [0.1, 0.15) is 5.60 Å². The van der Waals surface area contributed by atoms with Crippen LogP contribution in [0.25, 0.3) is 0 Å². The first-order chi connectivity index (χ1) is 12.0. The molecule has 0 saturated carbocycles. The molecule has 0 bridgehead atoms. The summed E-state index contributed by atoms with van der Waals surface area (Å²) in [6.45, 7) is 6.10. The van der Waals surface area contributed by atoms with Gasteiger partial charge in [0.25, 0.3) is 5.91 Å². The van der Waals surface area contributed by atoms with Crippen molar-refractivity contribution < 1.29 is 23.1 Å². The highest BCUT2D eigenvalue weighted by molar-refractivity contribution is 9.10. The van der Waals surface area contributed by atoms with Crippen LogP contribution in [0.15, 0.2) is 16.6 Å². The van der Waals surface area contributed by atoms with Crippen LogP contribution < -0.4 is 0 Å². The van der Waals surface area contributed by atoms with Gasteiger partial charge >= 0.3 is 6.09 Å². The molecule has 1 fully saturated rings. The quantitative estimate of drug-likeness (QED) is 0.657. The molecule has 0 spiro atoms. The Bertz CT molecular complexity index is 698. The van der Waals surface area contributed by atoms with Crippen molar-refractivity contribution in [2.24, 2.45) is 0 Å². The summed E-state index contributed by atoms with van der Waals surface area (Å²) < 4.78 is 33.0. The van der Waals surface area contributed by atoms with Crippen molar-refractivity contribution in [2.45, 2.75) is 45.3 Å². The highest BCUT2D eigenvalue weighted by Gasteiger charge is 2.31. The van der Waals surface area contributed by atoms with Gasteiger partial charge in [0.05, 0.1) is 10.0 Å². The number of hydrogen-bond donors (Lipinski definition) is 0. The third-order valence-electron chi connectivity index (χ3n) is 4.25. The lowest BCUT2D eigenvalue weighted by molar-refractivity contribution is 0.0155. The van der Waals surface area contributed by atoms with E-state index in [0.29, 0.717) is 25.9 Å². The summed E-state index contributed by atoms with van der Waals surface area (Å²) >= 11 is 2.89. The van der Waals surface area contributed by atoms with E-state index in [9.17, 15) is 18.4 Å². The Morgan fingerprint density at radius 2 is 1.77 bits per heavy atom. The van der Waals surface area contributed by atoms with E-state index in [1.165, 1.54) is 21.9 Å². The summed E-state index contributed by atoms with van der Waals surface area (Å²) in [6.07, 6.45) is 0.674. The van der Waals surface area contributed by atoms with Gasteiger partial charge in [0.2, 0.25) is 0 Å². The van der Waals surface area contributed by atoms with Gasteiger partial charge in [-0.05, 0) is 61.7 Å². The fourth-order valence-corrected chi connectivity index (χ4v) is 3.11. The minimum absolute atomic E-state index is 0.0238. The van der Waals surface area contributed by atoms with Gasteiger partial charge in [-0.15, -0.1) is 0 Å². The average molecular weight is 433 g/mol. The summed E-state index contributed by atoms with van der Waals surface area (Å²) in [6, 6.07) is 2.51. The standard InChI is InChI=1S/C18H23BrF2N2O3/c1-18(2,3)26-17(25)22(4)11-7-9-23(10-8-11)16(24)12-5-6-13(19)15(21)14(12)20/h5-6,11H,7-10H2,1-4H3. The predicted molar refractivity (Wildman–Crippen MR) is 97.0 cm³/mol. The topological polar surface area (TPSA) is 49.9 Å². The first-order valence-corrected chi connectivity index (χ1v) is 9.19.